The van der Waals surface area contributed by atoms with Gasteiger partial charge in [0, 0.05) is 6.54 Å². The molecule has 1 N–H and O–H groups in total. The molecule has 1 amide bonds. The maximum absolute atomic E-state index is 12.6. The maximum atomic E-state index is 12.6. The zero-order valence-corrected chi connectivity index (χ0v) is 15.3. The quantitative estimate of drug-likeness (QED) is 0.602. The first kappa shape index (κ1) is 16.5. The number of nitrogens with one attached hydrogen (secondary N) is 1. The summed E-state index contributed by atoms with van der Waals surface area (Å²) in [6, 6.07) is 13.5. The van der Waals surface area contributed by atoms with Gasteiger partial charge in [-0.1, -0.05) is 29.5 Å². The molecule has 0 atom stereocenters. The molecule has 0 aliphatic heterocycles. The van der Waals surface area contributed by atoms with Crippen molar-refractivity contribution in [2.24, 2.45) is 0 Å². The van der Waals surface area contributed by atoms with Crippen molar-refractivity contribution in [3.8, 4) is 0 Å². The first-order valence-corrected chi connectivity index (χ1v) is 9.23. The number of hydrogen-bond acceptors (Lipinski definition) is 4. The summed E-state index contributed by atoms with van der Waals surface area (Å²) in [5.41, 5.74) is 3.43. The fourth-order valence-electron chi connectivity index (χ4n) is 3.12. The molecule has 0 saturated carbocycles. The van der Waals surface area contributed by atoms with Crippen molar-refractivity contribution in [1.29, 1.82) is 0 Å². The van der Waals surface area contributed by atoms with E-state index in [2.05, 4.69) is 10.3 Å². The minimum absolute atomic E-state index is 0.0404. The number of hydrogen-bond donors (Lipinski definition) is 1. The standard InChI is InChI=1S/C19H18N4O2S/c1-3-22-14-6-4-5-7-15(14)23(19(22)25)11-17(24)21-18-20-13-9-8-12(2)10-16(13)26-18/h4-10H,3,11H2,1-2H3,(H,20,21,24). The van der Waals surface area contributed by atoms with Crippen LogP contribution < -0.4 is 11.0 Å². The van der Waals surface area contributed by atoms with Gasteiger partial charge in [0.05, 0.1) is 21.3 Å². The number of anilines is 1. The molecule has 0 spiro atoms. The van der Waals surface area contributed by atoms with Crippen molar-refractivity contribution >= 4 is 43.6 Å². The second-order valence-electron chi connectivity index (χ2n) is 6.14. The van der Waals surface area contributed by atoms with Crippen LogP contribution in [0.5, 0.6) is 0 Å². The minimum Gasteiger partial charge on any atom is -0.300 e. The van der Waals surface area contributed by atoms with Crippen LogP contribution in [0.4, 0.5) is 5.13 Å². The average molecular weight is 366 g/mol. The van der Waals surface area contributed by atoms with Crippen molar-refractivity contribution < 1.29 is 4.79 Å². The lowest BCUT2D eigenvalue weighted by Gasteiger charge is -2.03. The second kappa shape index (κ2) is 6.42. The van der Waals surface area contributed by atoms with E-state index in [9.17, 15) is 9.59 Å². The Kier molecular flexibility index (Phi) is 4.08. The van der Waals surface area contributed by atoms with Gasteiger partial charge in [-0.25, -0.2) is 9.78 Å². The van der Waals surface area contributed by atoms with Gasteiger partial charge >= 0.3 is 5.69 Å². The lowest BCUT2D eigenvalue weighted by atomic mass is 10.2. The Balaban J connectivity index is 1.63. The van der Waals surface area contributed by atoms with Crippen LogP contribution in [-0.2, 0) is 17.9 Å². The summed E-state index contributed by atoms with van der Waals surface area (Å²) < 4.78 is 4.20. The van der Waals surface area contributed by atoms with Crippen LogP contribution in [0.1, 0.15) is 12.5 Å². The van der Waals surface area contributed by atoms with E-state index in [0.717, 1.165) is 26.8 Å². The largest absolute Gasteiger partial charge is 0.329 e. The van der Waals surface area contributed by atoms with E-state index in [0.29, 0.717) is 11.7 Å². The number of fused-ring (bicyclic) bond motifs is 2. The number of thiazole rings is 1. The molecule has 2 aromatic carbocycles. The van der Waals surface area contributed by atoms with E-state index in [1.54, 1.807) is 4.57 Å². The lowest BCUT2D eigenvalue weighted by molar-refractivity contribution is -0.116. The summed E-state index contributed by atoms with van der Waals surface area (Å²) in [4.78, 5) is 29.6. The van der Waals surface area contributed by atoms with E-state index >= 15 is 0 Å². The predicted molar refractivity (Wildman–Crippen MR) is 105 cm³/mol. The van der Waals surface area contributed by atoms with Gasteiger partial charge in [-0.15, -0.1) is 0 Å². The third-order valence-corrected chi connectivity index (χ3v) is 5.27. The molecule has 0 aliphatic rings. The molecule has 2 aromatic heterocycles. The van der Waals surface area contributed by atoms with Crippen LogP contribution in [0.25, 0.3) is 21.3 Å². The maximum Gasteiger partial charge on any atom is 0.329 e. The van der Waals surface area contributed by atoms with Gasteiger partial charge in [-0.2, -0.15) is 0 Å². The van der Waals surface area contributed by atoms with Crippen LogP contribution in [0.3, 0.4) is 0 Å². The van der Waals surface area contributed by atoms with Crippen molar-refractivity contribution in [1.82, 2.24) is 14.1 Å². The minimum atomic E-state index is -0.262. The molecule has 0 saturated heterocycles. The molecule has 0 bridgehead atoms. The van der Waals surface area contributed by atoms with Crippen LogP contribution in [-0.4, -0.2) is 20.0 Å². The molecule has 6 nitrogen and oxygen atoms in total. The van der Waals surface area contributed by atoms with E-state index in [4.69, 9.17) is 0 Å². The number of aromatic nitrogens is 3. The first-order valence-electron chi connectivity index (χ1n) is 8.42. The van der Waals surface area contributed by atoms with E-state index in [-0.39, 0.29) is 18.1 Å². The molecule has 0 aliphatic carbocycles. The number of carbonyl (C=O) groups excluding carboxylic acids is 1. The SMILES string of the molecule is CCn1c(=O)n(CC(=O)Nc2nc3ccc(C)cc3s2)c2ccccc21. The van der Waals surface area contributed by atoms with Crippen molar-refractivity contribution in [2.45, 2.75) is 26.9 Å². The van der Waals surface area contributed by atoms with Crippen molar-refractivity contribution in [3.05, 3.63) is 58.5 Å². The molecule has 0 fully saturated rings. The van der Waals surface area contributed by atoms with Crippen molar-refractivity contribution in [3.63, 3.8) is 0 Å². The predicted octanol–water partition coefficient (Wildman–Crippen LogP) is 3.38. The molecule has 2 heterocycles. The highest BCUT2D eigenvalue weighted by Gasteiger charge is 2.15. The Morgan fingerprint density at radius 1 is 1.15 bits per heavy atom. The van der Waals surface area contributed by atoms with Crippen LogP contribution in [0.2, 0.25) is 0 Å². The molecular formula is C19H18N4O2S. The Labute approximate surface area is 153 Å². The highest BCUT2D eigenvalue weighted by Crippen LogP contribution is 2.26. The smallest absolute Gasteiger partial charge is 0.300 e. The number of carbonyl (C=O) groups is 1. The zero-order chi connectivity index (χ0) is 18.3. The third-order valence-electron chi connectivity index (χ3n) is 4.33. The fourth-order valence-corrected chi connectivity index (χ4v) is 4.10. The number of amides is 1. The summed E-state index contributed by atoms with van der Waals surface area (Å²) in [5.74, 6) is -0.262. The van der Waals surface area contributed by atoms with Gasteiger partial charge in [0.2, 0.25) is 5.91 Å². The molecule has 0 radical (unpaired) electrons. The highest BCUT2D eigenvalue weighted by molar-refractivity contribution is 7.22. The van der Waals surface area contributed by atoms with Gasteiger partial charge in [-0.05, 0) is 43.7 Å². The van der Waals surface area contributed by atoms with Crippen molar-refractivity contribution in [2.75, 3.05) is 5.32 Å². The van der Waals surface area contributed by atoms with Gasteiger partial charge in [0.25, 0.3) is 0 Å². The summed E-state index contributed by atoms with van der Waals surface area (Å²) in [6.07, 6.45) is 0. The van der Waals surface area contributed by atoms with Crippen LogP contribution >= 0.6 is 11.3 Å². The molecule has 132 valence electrons. The Morgan fingerprint density at radius 2 is 1.88 bits per heavy atom. The van der Waals surface area contributed by atoms with Crippen LogP contribution in [0.15, 0.2) is 47.3 Å². The molecular weight excluding hydrogens is 348 g/mol. The Bertz CT molecular complexity index is 1190. The summed E-state index contributed by atoms with van der Waals surface area (Å²) in [6.45, 7) is 4.46. The molecule has 26 heavy (non-hydrogen) atoms. The fraction of sp³-hybridized carbons (Fsp3) is 0.211. The Morgan fingerprint density at radius 3 is 2.62 bits per heavy atom. The third kappa shape index (κ3) is 2.80. The van der Waals surface area contributed by atoms with Gasteiger partial charge in [0.1, 0.15) is 6.54 Å². The van der Waals surface area contributed by atoms with Gasteiger partial charge < -0.3 is 5.32 Å². The highest BCUT2D eigenvalue weighted by atomic mass is 32.1. The molecule has 4 rings (SSSR count). The number of nitrogens with zero attached hydrogens (tertiary/aromatic N) is 3. The summed E-state index contributed by atoms with van der Waals surface area (Å²) in [7, 11) is 0. The molecule has 0 unspecified atom stereocenters. The summed E-state index contributed by atoms with van der Waals surface area (Å²) in [5, 5.41) is 3.36. The average Bonchev–Trinajstić information content (AvgIpc) is 3.13. The molecule has 4 aromatic rings. The van der Waals surface area contributed by atoms with E-state index < -0.39 is 0 Å². The van der Waals surface area contributed by atoms with E-state index in [1.165, 1.54) is 15.9 Å². The topological polar surface area (TPSA) is 68.9 Å². The Hall–Kier alpha value is -2.93. The van der Waals surface area contributed by atoms with Gasteiger partial charge in [0.15, 0.2) is 5.13 Å². The number of imidazole rings is 1. The molecule has 7 heteroatoms. The number of rotatable bonds is 4. The summed E-state index contributed by atoms with van der Waals surface area (Å²) >= 11 is 1.43. The number of para-hydroxylation sites is 2. The monoisotopic (exact) mass is 366 g/mol. The van der Waals surface area contributed by atoms with Gasteiger partial charge in [-0.3, -0.25) is 13.9 Å². The number of aryl methyl sites for hydroxylation is 2. The van der Waals surface area contributed by atoms with Crippen LogP contribution in [0, 0.1) is 6.92 Å². The number of benzene rings is 2. The van der Waals surface area contributed by atoms with E-state index in [1.807, 2.05) is 56.3 Å². The normalized spacial score (nSPS) is 11.3. The first-order chi connectivity index (χ1) is 12.6. The second-order valence-corrected chi connectivity index (χ2v) is 7.17. The zero-order valence-electron chi connectivity index (χ0n) is 14.5. The lowest BCUT2D eigenvalue weighted by Crippen LogP contribution is -2.29.